The van der Waals surface area contributed by atoms with E-state index in [1.165, 1.54) is 0 Å². The molecule has 33 heavy (non-hydrogen) atoms. The van der Waals surface area contributed by atoms with Gasteiger partial charge in [-0.25, -0.2) is 4.79 Å². The van der Waals surface area contributed by atoms with Gasteiger partial charge in [0, 0.05) is 12.8 Å². The number of rotatable bonds is 19. The molecule has 0 bridgehead atoms. The van der Waals surface area contributed by atoms with E-state index in [1.807, 2.05) is 0 Å². The van der Waals surface area contributed by atoms with Gasteiger partial charge < -0.3 is 19.3 Å². The fraction of sp³-hybridized carbons (Fsp3) is 0.850. The minimum absolute atomic E-state index is 0.0326. The lowest BCUT2D eigenvalue weighted by Gasteiger charge is -2.37. The van der Waals surface area contributed by atoms with E-state index in [1.54, 1.807) is 6.92 Å². The molecular weight excluding hydrogens is 472 g/mol. The van der Waals surface area contributed by atoms with Gasteiger partial charge in [0.1, 0.15) is 0 Å². The van der Waals surface area contributed by atoms with Gasteiger partial charge in [-0.15, -0.1) is 0 Å². The summed E-state index contributed by atoms with van der Waals surface area (Å²) in [7, 11) is 0. The summed E-state index contributed by atoms with van der Waals surface area (Å²) in [5.74, 6) is -24.5. The van der Waals surface area contributed by atoms with Crippen molar-refractivity contribution in [2.24, 2.45) is 0 Å². The molecule has 0 radical (unpaired) electrons. The maximum atomic E-state index is 13.8. The summed E-state index contributed by atoms with van der Waals surface area (Å²) in [4.78, 5) is 11.6. The van der Waals surface area contributed by atoms with Gasteiger partial charge >= 0.3 is 29.7 Å². The molecule has 0 atom stereocenters. The maximum absolute atomic E-state index is 13.8. The standard InChI is InChI=1S/C20H30F8O5/c1-3-4-5-7-17(21,22)19(25,26)20(27,28)18(23,24)8-6-10-33-16(30)15(2)14-32-13-12-31-11-9-29/h29H,2-14H2,1H3. The molecular formula is C20H30F8O5. The number of ether oxygens (including phenoxy) is 3. The molecule has 0 aliphatic heterocycles. The lowest BCUT2D eigenvalue weighted by molar-refractivity contribution is -0.368. The highest BCUT2D eigenvalue weighted by atomic mass is 19.4. The van der Waals surface area contributed by atoms with Crippen LogP contribution in [0.2, 0.25) is 0 Å². The Labute approximate surface area is 187 Å². The average Bonchev–Trinajstić information content (AvgIpc) is 2.73. The summed E-state index contributed by atoms with van der Waals surface area (Å²) in [6, 6.07) is 0. The Bertz CT molecular complexity index is 599. The number of carbonyl (C=O) groups is 1. The van der Waals surface area contributed by atoms with E-state index in [-0.39, 0.29) is 45.0 Å². The number of hydrogen-bond donors (Lipinski definition) is 1. The lowest BCUT2D eigenvalue weighted by atomic mass is 9.93. The fourth-order valence-electron chi connectivity index (χ4n) is 2.47. The van der Waals surface area contributed by atoms with Gasteiger partial charge in [0.2, 0.25) is 0 Å². The topological polar surface area (TPSA) is 65.0 Å². The summed E-state index contributed by atoms with van der Waals surface area (Å²) in [5, 5.41) is 8.50. The first kappa shape index (κ1) is 31.5. The van der Waals surface area contributed by atoms with Crippen LogP contribution in [0.3, 0.4) is 0 Å². The molecule has 0 rings (SSSR count). The van der Waals surface area contributed by atoms with Gasteiger partial charge in [0.05, 0.1) is 45.2 Å². The number of esters is 1. The minimum Gasteiger partial charge on any atom is -0.462 e. The fourth-order valence-corrected chi connectivity index (χ4v) is 2.47. The zero-order valence-electron chi connectivity index (χ0n) is 18.3. The van der Waals surface area contributed by atoms with Gasteiger partial charge in [0.25, 0.3) is 0 Å². The van der Waals surface area contributed by atoms with Crippen molar-refractivity contribution < 1.29 is 59.2 Å². The van der Waals surface area contributed by atoms with Crippen LogP contribution in [0.25, 0.3) is 0 Å². The van der Waals surface area contributed by atoms with Gasteiger partial charge in [-0.05, 0) is 12.8 Å². The Morgan fingerprint density at radius 1 is 0.788 bits per heavy atom. The van der Waals surface area contributed by atoms with Crippen LogP contribution in [0.15, 0.2) is 12.2 Å². The average molecular weight is 502 g/mol. The molecule has 0 saturated carbocycles. The number of halogens is 8. The molecule has 0 heterocycles. The van der Waals surface area contributed by atoms with Crippen LogP contribution >= 0.6 is 0 Å². The highest BCUT2D eigenvalue weighted by molar-refractivity contribution is 5.87. The largest absolute Gasteiger partial charge is 0.462 e. The molecule has 0 spiro atoms. The molecule has 13 heteroatoms. The molecule has 1 N–H and O–H groups in total. The second-order valence-electron chi connectivity index (χ2n) is 7.25. The van der Waals surface area contributed by atoms with Crippen LogP contribution in [0.1, 0.15) is 45.4 Å². The monoisotopic (exact) mass is 502 g/mol. The molecule has 0 fully saturated rings. The zero-order valence-corrected chi connectivity index (χ0v) is 18.3. The third-order valence-electron chi connectivity index (χ3n) is 4.45. The summed E-state index contributed by atoms with van der Waals surface area (Å²) < 4.78 is 124. The third-order valence-corrected chi connectivity index (χ3v) is 4.45. The van der Waals surface area contributed by atoms with Crippen molar-refractivity contribution >= 4 is 5.97 Å². The third kappa shape index (κ3) is 9.36. The van der Waals surface area contributed by atoms with Crippen molar-refractivity contribution in [1.29, 1.82) is 0 Å². The molecule has 0 aromatic heterocycles. The predicted octanol–water partition coefficient (Wildman–Crippen LogP) is 5.01. The molecule has 196 valence electrons. The molecule has 0 amide bonds. The van der Waals surface area contributed by atoms with E-state index in [0.717, 1.165) is 0 Å². The number of alkyl halides is 8. The highest BCUT2D eigenvalue weighted by Gasteiger charge is 2.79. The van der Waals surface area contributed by atoms with E-state index >= 15 is 0 Å². The smallest absolute Gasteiger partial charge is 0.378 e. The predicted molar refractivity (Wildman–Crippen MR) is 102 cm³/mol. The van der Waals surface area contributed by atoms with Gasteiger partial charge in [-0.2, -0.15) is 35.1 Å². The molecule has 0 aromatic rings. The Balaban J connectivity index is 4.64. The number of aliphatic hydroxyl groups is 1. The van der Waals surface area contributed by atoms with E-state index in [9.17, 15) is 39.9 Å². The molecule has 0 saturated heterocycles. The number of aliphatic hydroxyl groups excluding tert-OH is 1. The van der Waals surface area contributed by atoms with Crippen LogP contribution in [-0.2, 0) is 19.0 Å². The van der Waals surface area contributed by atoms with Crippen molar-refractivity contribution in [3.05, 3.63) is 12.2 Å². The summed E-state index contributed by atoms with van der Waals surface area (Å²) in [5.41, 5.74) is -0.243. The van der Waals surface area contributed by atoms with Crippen LogP contribution in [0.5, 0.6) is 0 Å². The van der Waals surface area contributed by atoms with Crippen LogP contribution < -0.4 is 0 Å². The number of unbranched alkanes of at least 4 members (excludes halogenated alkanes) is 2. The van der Waals surface area contributed by atoms with E-state index in [4.69, 9.17) is 14.6 Å². The Kier molecular flexibility index (Phi) is 13.4. The van der Waals surface area contributed by atoms with Crippen molar-refractivity contribution in [1.82, 2.24) is 0 Å². The first-order valence-corrected chi connectivity index (χ1v) is 10.3. The van der Waals surface area contributed by atoms with E-state index in [2.05, 4.69) is 11.3 Å². The first-order valence-electron chi connectivity index (χ1n) is 10.3. The van der Waals surface area contributed by atoms with Crippen molar-refractivity contribution in [3.8, 4) is 0 Å². The van der Waals surface area contributed by atoms with Crippen LogP contribution in [-0.4, -0.2) is 74.4 Å². The molecule has 0 aromatic carbocycles. The summed E-state index contributed by atoms with van der Waals surface area (Å²) in [6.07, 6.45) is -4.71. The molecule has 0 unspecified atom stereocenters. The van der Waals surface area contributed by atoms with Gasteiger partial charge in [0.15, 0.2) is 0 Å². The van der Waals surface area contributed by atoms with E-state index < -0.39 is 61.9 Å². The highest BCUT2D eigenvalue weighted by Crippen LogP contribution is 2.55. The summed E-state index contributed by atoms with van der Waals surface area (Å²) in [6.45, 7) is 3.72. The lowest BCUT2D eigenvalue weighted by Crippen LogP contribution is -2.62. The maximum Gasteiger partial charge on any atom is 0.378 e. The SMILES string of the molecule is C=C(COCCOCCO)C(=O)OCCCC(F)(F)C(F)(F)C(F)(F)C(F)(F)CCCCC. The normalized spacial score (nSPS) is 13.3. The van der Waals surface area contributed by atoms with Crippen molar-refractivity contribution in [3.63, 3.8) is 0 Å². The van der Waals surface area contributed by atoms with Gasteiger partial charge in [-0.1, -0.05) is 26.3 Å². The second kappa shape index (κ2) is 14.1. The number of carbonyl (C=O) groups excluding carboxylic acids is 1. The van der Waals surface area contributed by atoms with Crippen molar-refractivity contribution in [2.45, 2.75) is 69.1 Å². The Morgan fingerprint density at radius 3 is 1.82 bits per heavy atom. The Morgan fingerprint density at radius 2 is 1.30 bits per heavy atom. The molecule has 0 aliphatic rings. The first-order chi connectivity index (χ1) is 15.2. The Hall–Kier alpha value is -1.47. The molecule has 5 nitrogen and oxygen atoms in total. The van der Waals surface area contributed by atoms with E-state index in [0.29, 0.717) is 6.42 Å². The zero-order chi connectivity index (χ0) is 25.8. The summed E-state index contributed by atoms with van der Waals surface area (Å²) >= 11 is 0. The van der Waals surface area contributed by atoms with Crippen molar-refractivity contribution in [2.75, 3.05) is 39.6 Å². The minimum atomic E-state index is -6.32. The number of hydrogen-bond acceptors (Lipinski definition) is 5. The quantitative estimate of drug-likeness (QED) is 0.116. The van der Waals surface area contributed by atoms with Crippen LogP contribution in [0.4, 0.5) is 35.1 Å². The second-order valence-corrected chi connectivity index (χ2v) is 7.25. The molecule has 0 aliphatic carbocycles. The van der Waals surface area contributed by atoms with Crippen LogP contribution in [0, 0.1) is 0 Å². The van der Waals surface area contributed by atoms with Gasteiger partial charge in [-0.3, -0.25) is 0 Å².